The van der Waals surface area contributed by atoms with Gasteiger partial charge in [-0.15, -0.1) is 0 Å². The summed E-state index contributed by atoms with van der Waals surface area (Å²) >= 11 is 3.28. The van der Waals surface area contributed by atoms with Crippen molar-refractivity contribution in [3.05, 3.63) is 52.8 Å². The number of nitriles is 1. The normalized spacial score (nSPS) is 9.60. The number of carbonyl (C=O) groups excluding carboxylic acids is 1. The van der Waals surface area contributed by atoms with E-state index in [0.717, 1.165) is 0 Å². The highest BCUT2D eigenvalue weighted by molar-refractivity contribution is 9.10. The zero-order valence-corrected chi connectivity index (χ0v) is 11.9. The number of anilines is 1. The second-order valence-corrected chi connectivity index (χ2v) is 4.65. The van der Waals surface area contributed by atoms with Gasteiger partial charge in [0.1, 0.15) is 11.8 Å². The minimum atomic E-state index is -0.315. The van der Waals surface area contributed by atoms with Gasteiger partial charge in [-0.1, -0.05) is 12.1 Å². The monoisotopic (exact) mass is 331 g/mol. The number of hydrogen-bond acceptors (Lipinski definition) is 4. The molecule has 0 spiro atoms. The predicted molar refractivity (Wildman–Crippen MR) is 77.2 cm³/mol. The van der Waals surface area contributed by atoms with Crippen LogP contribution < -0.4 is 10.1 Å². The van der Waals surface area contributed by atoms with Gasteiger partial charge >= 0.3 is 0 Å². The number of amides is 1. The molecule has 2 aromatic rings. The smallest absolute Gasteiger partial charge is 0.262 e. The number of rotatable bonds is 4. The van der Waals surface area contributed by atoms with Crippen molar-refractivity contribution in [2.45, 2.75) is 0 Å². The summed E-state index contributed by atoms with van der Waals surface area (Å²) in [5.74, 6) is 0.0728. The second kappa shape index (κ2) is 6.68. The van der Waals surface area contributed by atoms with Crippen LogP contribution in [0, 0.1) is 11.3 Å². The van der Waals surface area contributed by atoms with Crippen LogP contribution >= 0.6 is 15.9 Å². The van der Waals surface area contributed by atoms with E-state index in [2.05, 4.69) is 26.2 Å². The highest BCUT2D eigenvalue weighted by atomic mass is 79.9. The Morgan fingerprint density at radius 3 is 2.95 bits per heavy atom. The van der Waals surface area contributed by atoms with E-state index in [4.69, 9.17) is 10.00 Å². The quantitative estimate of drug-likeness (QED) is 0.934. The Morgan fingerprint density at radius 1 is 1.40 bits per heavy atom. The maximum Gasteiger partial charge on any atom is 0.262 e. The lowest BCUT2D eigenvalue weighted by Crippen LogP contribution is -2.20. The summed E-state index contributed by atoms with van der Waals surface area (Å²) in [6.45, 7) is -0.173. The van der Waals surface area contributed by atoms with Crippen LogP contribution in [0.5, 0.6) is 5.75 Å². The molecule has 6 heteroatoms. The summed E-state index contributed by atoms with van der Waals surface area (Å²) in [5.41, 5.74) is 1.01. The fourth-order valence-electron chi connectivity index (χ4n) is 1.49. The van der Waals surface area contributed by atoms with Gasteiger partial charge in [-0.25, -0.2) is 0 Å². The van der Waals surface area contributed by atoms with Crippen LogP contribution in [0.2, 0.25) is 0 Å². The number of carbonyl (C=O) groups is 1. The number of benzene rings is 1. The standard InChI is InChI=1S/C14H10BrN3O2/c15-11-8-17-6-5-12(11)18-14(19)9-20-13-4-2-1-3-10(13)7-16/h1-6,8H,9H2,(H,17,18,19). The lowest BCUT2D eigenvalue weighted by atomic mass is 10.2. The summed E-state index contributed by atoms with van der Waals surface area (Å²) in [4.78, 5) is 15.7. The number of nitrogens with one attached hydrogen (secondary N) is 1. The largest absolute Gasteiger partial charge is 0.482 e. The van der Waals surface area contributed by atoms with Crippen molar-refractivity contribution in [2.75, 3.05) is 11.9 Å². The highest BCUT2D eigenvalue weighted by Crippen LogP contribution is 2.20. The molecule has 1 heterocycles. The summed E-state index contributed by atoms with van der Waals surface area (Å²) in [5, 5.41) is 11.6. The first-order valence-electron chi connectivity index (χ1n) is 5.72. The van der Waals surface area contributed by atoms with Gasteiger partial charge in [0.25, 0.3) is 5.91 Å². The van der Waals surface area contributed by atoms with Crippen LogP contribution in [0.4, 0.5) is 5.69 Å². The van der Waals surface area contributed by atoms with Crippen LogP contribution in [-0.4, -0.2) is 17.5 Å². The molecule has 1 amide bonds. The Hall–Kier alpha value is -2.39. The number of halogens is 1. The molecule has 5 nitrogen and oxygen atoms in total. The van der Waals surface area contributed by atoms with E-state index in [0.29, 0.717) is 21.5 Å². The van der Waals surface area contributed by atoms with E-state index in [1.807, 2.05) is 6.07 Å². The fourth-order valence-corrected chi connectivity index (χ4v) is 1.84. The van der Waals surface area contributed by atoms with E-state index in [-0.39, 0.29) is 12.5 Å². The molecule has 1 aromatic carbocycles. The van der Waals surface area contributed by atoms with Crippen molar-refractivity contribution in [1.29, 1.82) is 5.26 Å². The second-order valence-electron chi connectivity index (χ2n) is 3.80. The van der Waals surface area contributed by atoms with Crippen molar-refractivity contribution in [1.82, 2.24) is 4.98 Å². The minimum Gasteiger partial charge on any atom is -0.482 e. The van der Waals surface area contributed by atoms with Gasteiger partial charge in [-0.2, -0.15) is 5.26 Å². The molecule has 0 aliphatic rings. The van der Waals surface area contributed by atoms with E-state index < -0.39 is 0 Å². The van der Waals surface area contributed by atoms with E-state index in [1.165, 1.54) is 0 Å². The van der Waals surface area contributed by atoms with Gasteiger partial charge < -0.3 is 10.1 Å². The van der Waals surface area contributed by atoms with Crippen LogP contribution in [-0.2, 0) is 4.79 Å². The number of aromatic nitrogens is 1. The number of para-hydroxylation sites is 1. The Kier molecular flexibility index (Phi) is 4.69. The zero-order valence-electron chi connectivity index (χ0n) is 10.3. The summed E-state index contributed by atoms with van der Waals surface area (Å²) in [6.07, 6.45) is 3.16. The summed E-state index contributed by atoms with van der Waals surface area (Å²) < 4.78 is 6.02. The van der Waals surface area contributed by atoms with E-state index in [9.17, 15) is 4.79 Å². The molecule has 100 valence electrons. The Balaban J connectivity index is 1.96. The van der Waals surface area contributed by atoms with Gasteiger partial charge in [0.05, 0.1) is 15.7 Å². The third-order valence-electron chi connectivity index (χ3n) is 2.41. The molecule has 20 heavy (non-hydrogen) atoms. The van der Waals surface area contributed by atoms with Gasteiger partial charge in [-0.05, 0) is 34.1 Å². The molecule has 0 saturated heterocycles. The molecule has 0 aliphatic carbocycles. The summed E-state index contributed by atoms with van der Waals surface area (Å²) in [7, 11) is 0. The molecule has 0 aliphatic heterocycles. The molecule has 2 rings (SSSR count). The molecule has 0 radical (unpaired) electrons. The first-order valence-corrected chi connectivity index (χ1v) is 6.51. The van der Waals surface area contributed by atoms with Crippen molar-refractivity contribution in [3.63, 3.8) is 0 Å². The Bertz CT molecular complexity index is 667. The van der Waals surface area contributed by atoms with Crippen molar-refractivity contribution in [3.8, 4) is 11.8 Å². The zero-order chi connectivity index (χ0) is 14.4. The van der Waals surface area contributed by atoms with Gasteiger partial charge in [0.15, 0.2) is 6.61 Å². The predicted octanol–water partition coefficient (Wildman–Crippen LogP) is 2.73. The lowest BCUT2D eigenvalue weighted by molar-refractivity contribution is -0.118. The van der Waals surface area contributed by atoms with Gasteiger partial charge in [0.2, 0.25) is 0 Å². The van der Waals surface area contributed by atoms with Crippen molar-refractivity contribution in [2.24, 2.45) is 0 Å². The minimum absolute atomic E-state index is 0.173. The number of nitrogens with zero attached hydrogens (tertiary/aromatic N) is 2. The van der Waals surface area contributed by atoms with E-state index in [1.54, 1.807) is 42.7 Å². The van der Waals surface area contributed by atoms with Crippen LogP contribution in [0.25, 0.3) is 0 Å². The fraction of sp³-hybridized carbons (Fsp3) is 0.0714. The topological polar surface area (TPSA) is 75.0 Å². The number of hydrogen-bond donors (Lipinski definition) is 1. The molecule has 0 fully saturated rings. The Morgan fingerprint density at radius 2 is 2.20 bits per heavy atom. The molecular weight excluding hydrogens is 322 g/mol. The van der Waals surface area contributed by atoms with Gasteiger partial charge in [-0.3, -0.25) is 9.78 Å². The highest BCUT2D eigenvalue weighted by Gasteiger charge is 2.08. The average molecular weight is 332 g/mol. The summed E-state index contributed by atoms with van der Waals surface area (Å²) in [6, 6.07) is 10.4. The Labute approximate surface area is 124 Å². The van der Waals surface area contributed by atoms with Crippen LogP contribution in [0.1, 0.15) is 5.56 Å². The van der Waals surface area contributed by atoms with Crippen LogP contribution in [0.15, 0.2) is 47.2 Å². The van der Waals surface area contributed by atoms with E-state index >= 15 is 0 Å². The van der Waals surface area contributed by atoms with Gasteiger partial charge in [0, 0.05) is 12.4 Å². The molecule has 0 atom stereocenters. The number of pyridine rings is 1. The molecule has 0 unspecified atom stereocenters. The van der Waals surface area contributed by atoms with Crippen molar-refractivity contribution < 1.29 is 9.53 Å². The molecule has 0 saturated carbocycles. The maximum absolute atomic E-state index is 11.8. The number of ether oxygens (including phenoxy) is 1. The molecule has 1 aromatic heterocycles. The first-order chi connectivity index (χ1) is 9.70. The molecule has 1 N–H and O–H groups in total. The first kappa shape index (κ1) is 14.0. The molecular formula is C14H10BrN3O2. The third kappa shape index (κ3) is 3.56. The molecule has 0 bridgehead atoms. The average Bonchev–Trinajstić information content (AvgIpc) is 2.48. The maximum atomic E-state index is 11.8. The SMILES string of the molecule is N#Cc1ccccc1OCC(=O)Nc1ccncc1Br. The van der Waals surface area contributed by atoms with Crippen molar-refractivity contribution >= 4 is 27.5 Å². The lowest BCUT2D eigenvalue weighted by Gasteiger charge is -2.09. The third-order valence-corrected chi connectivity index (χ3v) is 3.04. The van der Waals surface area contributed by atoms with Crippen LogP contribution in [0.3, 0.4) is 0 Å².